The summed E-state index contributed by atoms with van der Waals surface area (Å²) in [6.07, 6.45) is 1.47. The molecule has 0 aliphatic carbocycles. The van der Waals surface area contributed by atoms with E-state index in [9.17, 15) is 9.18 Å². The number of anilines is 4. The van der Waals surface area contributed by atoms with Crippen LogP contribution in [0.4, 0.5) is 27.5 Å². The summed E-state index contributed by atoms with van der Waals surface area (Å²) in [5.74, 6) is 0.301. The van der Waals surface area contributed by atoms with Gasteiger partial charge in [-0.25, -0.2) is 4.39 Å². The Kier molecular flexibility index (Phi) is 5.33. The molecule has 7 nitrogen and oxygen atoms in total. The molecular weight excluding hydrogens is 335 g/mol. The van der Waals surface area contributed by atoms with Crippen molar-refractivity contribution < 1.29 is 9.18 Å². The number of benzene rings is 2. The summed E-state index contributed by atoms with van der Waals surface area (Å²) in [4.78, 5) is 15.4. The molecular formula is C18H17FN6O. The molecule has 0 fully saturated rings. The van der Waals surface area contributed by atoms with Gasteiger partial charge < -0.3 is 16.0 Å². The van der Waals surface area contributed by atoms with E-state index in [1.54, 1.807) is 36.4 Å². The minimum Gasteiger partial charge on any atom is -0.349 e. The number of halogens is 1. The topological polar surface area (TPSA) is 91.8 Å². The van der Waals surface area contributed by atoms with Gasteiger partial charge in [-0.3, -0.25) is 4.79 Å². The van der Waals surface area contributed by atoms with E-state index >= 15 is 0 Å². The molecule has 0 saturated heterocycles. The monoisotopic (exact) mass is 352 g/mol. The van der Waals surface area contributed by atoms with Gasteiger partial charge >= 0.3 is 0 Å². The molecule has 0 spiro atoms. The van der Waals surface area contributed by atoms with E-state index in [1.807, 2.05) is 6.07 Å². The van der Waals surface area contributed by atoms with Crippen LogP contribution in [0.2, 0.25) is 0 Å². The summed E-state index contributed by atoms with van der Waals surface area (Å²) in [6.45, 7) is 1.69. The number of nitrogens with zero attached hydrogens (tertiary/aromatic N) is 3. The van der Waals surface area contributed by atoms with Crippen LogP contribution in [0.1, 0.15) is 12.5 Å². The highest BCUT2D eigenvalue weighted by Gasteiger charge is 2.05. The SMILES string of the molecule is CC(=O)Nc1cccc(Nc2cnnc(NCc3ccccc3F)n2)c1. The number of hydrogen-bond donors (Lipinski definition) is 3. The first kappa shape index (κ1) is 17.3. The third-order valence-electron chi connectivity index (χ3n) is 3.41. The molecule has 3 aromatic rings. The average molecular weight is 352 g/mol. The van der Waals surface area contributed by atoms with Gasteiger partial charge in [0, 0.05) is 30.4 Å². The van der Waals surface area contributed by atoms with Crippen LogP contribution in [0, 0.1) is 5.82 Å². The van der Waals surface area contributed by atoms with Crippen LogP contribution in [0.5, 0.6) is 0 Å². The largest absolute Gasteiger partial charge is 0.349 e. The second-order valence-corrected chi connectivity index (χ2v) is 5.50. The van der Waals surface area contributed by atoms with Crippen LogP contribution in [0.25, 0.3) is 0 Å². The molecule has 0 aliphatic rings. The van der Waals surface area contributed by atoms with Gasteiger partial charge in [0.05, 0.1) is 6.20 Å². The van der Waals surface area contributed by atoms with Crippen molar-refractivity contribution in [2.75, 3.05) is 16.0 Å². The van der Waals surface area contributed by atoms with Crippen LogP contribution >= 0.6 is 0 Å². The van der Waals surface area contributed by atoms with Crippen molar-refractivity contribution in [3.63, 3.8) is 0 Å². The van der Waals surface area contributed by atoms with E-state index in [-0.39, 0.29) is 24.2 Å². The summed E-state index contributed by atoms with van der Waals surface area (Å²) in [5.41, 5.74) is 1.91. The Morgan fingerprint density at radius 1 is 1.12 bits per heavy atom. The third-order valence-corrected chi connectivity index (χ3v) is 3.41. The zero-order valence-electron chi connectivity index (χ0n) is 14.0. The van der Waals surface area contributed by atoms with Crippen molar-refractivity contribution >= 4 is 29.0 Å². The quantitative estimate of drug-likeness (QED) is 0.630. The van der Waals surface area contributed by atoms with Gasteiger partial charge in [0.25, 0.3) is 0 Å². The zero-order chi connectivity index (χ0) is 18.4. The van der Waals surface area contributed by atoms with Crippen LogP contribution in [0.3, 0.4) is 0 Å². The van der Waals surface area contributed by atoms with Gasteiger partial charge in [0.2, 0.25) is 11.9 Å². The predicted molar refractivity (Wildman–Crippen MR) is 97.6 cm³/mol. The number of hydrogen-bond acceptors (Lipinski definition) is 6. The number of aromatic nitrogens is 3. The minimum atomic E-state index is -0.294. The molecule has 1 amide bonds. The molecule has 1 aromatic heterocycles. The predicted octanol–water partition coefficient (Wildman–Crippen LogP) is 3.32. The second-order valence-electron chi connectivity index (χ2n) is 5.50. The number of nitrogens with one attached hydrogen (secondary N) is 3. The Balaban J connectivity index is 1.67. The summed E-state index contributed by atoms with van der Waals surface area (Å²) in [5, 5.41) is 16.5. The number of carbonyl (C=O) groups excluding carboxylic acids is 1. The summed E-state index contributed by atoms with van der Waals surface area (Å²) >= 11 is 0. The molecule has 0 unspecified atom stereocenters. The Hall–Kier alpha value is -3.55. The highest BCUT2D eigenvalue weighted by atomic mass is 19.1. The highest BCUT2D eigenvalue weighted by Crippen LogP contribution is 2.19. The maximum Gasteiger partial charge on any atom is 0.244 e. The lowest BCUT2D eigenvalue weighted by Crippen LogP contribution is -2.08. The van der Waals surface area contributed by atoms with Gasteiger partial charge in [-0.2, -0.15) is 10.1 Å². The molecule has 0 aliphatic heterocycles. The Bertz CT molecular complexity index is 917. The van der Waals surface area contributed by atoms with Gasteiger partial charge in [0.1, 0.15) is 5.82 Å². The second kappa shape index (κ2) is 8.02. The van der Waals surface area contributed by atoms with Crippen LogP contribution < -0.4 is 16.0 Å². The lowest BCUT2D eigenvalue weighted by atomic mass is 10.2. The third kappa shape index (κ3) is 4.73. The fourth-order valence-electron chi connectivity index (χ4n) is 2.28. The first-order chi connectivity index (χ1) is 12.6. The Morgan fingerprint density at radius 3 is 2.73 bits per heavy atom. The van der Waals surface area contributed by atoms with E-state index in [1.165, 1.54) is 19.2 Å². The maximum atomic E-state index is 13.6. The van der Waals surface area contributed by atoms with Crippen LogP contribution in [-0.4, -0.2) is 21.1 Å². The fraction of sp³-hybridized carbons (Fsp3) is 0.111. The minimum absolute atomic E-state index is 0.148. The molecule has 26 heavy (non-hydrogen) atoms. The van der Waals surface area contributed by atoms with Crippen LogP contribution in [-0.2, 0) is 11.3 Å². The van der Waals surface area contributed by atoms with Crippen molar-refractivity contribution in [3.8, 4) is 0 Å². The van der Waals surface area contributed by atoms with E-state index in [4.69, 9.17) is 0 Å². The van der Waals surface area contributed by atoms with Crippen molar-refractivity contribution in [1.82, 2.24) is 15.2 Å². The first-order valence-electron chi connectivity index (χ1n) is 7.92. The maximum absolute atomic E-state index is 13.6. The standard InChI is InChI=1S/C18H17FN6O/c1-12(26)22-14-6-4-7-15(9-14)23-17-11-21-25-18(24-17)20-10-13-5-2-3-8-16(13)19/h2-9,11H,10H2,1H3,(H,22,26)(H2,20,23,24,25). The van der Waals surface area contributed by atoms with Gasteiger partial charge in [-0.1, -0.05) is 24.3 Å². The molecule has 0 bridgehead atoms. The number of rotatable bonds is 6. The molecule has 3 N–H and O–H groups in total. The normalized spacial score (nSPS) is 10.2. The first-order valence-corrected chi connectivity index (χ1v) is 7.92. The van der Waals surface area contributed by atoms with Crippen molar-refractivity contribution in [1.29, 1.82) is 0 Å². The van der Waals surface area contributed by atoms with E-state index in [0.29, 0.717) is 17.1 Å². The number of amides is 1. The molecule has 0 radical (unpaired) electrons. The average Bonchev–Trinajstić information content (AvgIpc) is 2.61. The molecule has 0 atom stereocenters. The lowest BCUT2D eigenvalue weighted by molar-refractivity contribution is -0.114. The summed E-state index contributed by atoms with van der Waals surface area (Å²) < 4.78 is 13.6. The molecule has 3 rings (SSSR count). The molecule has 132 valence electrons. The van der Waals surface area contributed by atoms with Gasteiger partial charge in [-0.05, 0) is 24.3 Å². The van der Waals surface area contributed by atoms with Crippen molar-refractivity contribution in [2.45, 2.75) is 13.5 Å². The Labute approximate surface area is 149 Å². The van der Waals surface area contributed by atoms with Gasteiger partial charge in [0.15, 0.2) is 5.82 Å². The van der Waals surface area contributed by atoms with E-state index in [0.717, 1.165) is 5.69 Å². The van der Waals surface area contributed by atoms with Crippen molar-refractivity contribution in [3.05, 3.63) is 66.1 Å². The van der Waals surface area contributed by atoms with E-state index < -0.39 is 0 Å². The summed E-state index contributed by atoms with van der Waals surface area (Å²) in [6, 6.07) is 13.7. The molecule has 0 saturated carbocycles. The Morgan fingerprint density at radius 2 is 1.92 bits per heavy atom. The highest BCUT2D eigenvalue weighted by molar-refractivity contribution is 5.89. The van der Waals surface area contributed by atoms with Crippen LogP contribution in [0.15, 0.2) is 54.7 Å². The molecule has 8 heteroatoms. The molecule has 2 aromatic carbocycles. The lowest BCUT2D eigenvalue weighted by Gasteiger charge is -2.09. The zero-order valence-corrected chi connectivity index (χ0v) is 14.0. The smallest absolute Gasteiger partial charge is 0.244 e. The fourth-order valence-corrected chi connectivity index (χ4v) is 2.28. The number of carbonyl (C=O) groups is 1. The van der Waals surface area contributed by atoms with Gasteiger partial charge in [-0.15, -0.1) is 5.10 Å². The van der Waals surface area contributed by atoms with Crippen molar-refractivity contribution in [2.24, 2.45) is 0 Å². The molecule has 1 heterocycles. The summed E-state index contributed by atoms with van der Waals surface area (Å²) in [7, 11) is 0. The van der Waals surface area contributed by atoms with E-state index in [2.05, 4.69) is 31.1 Å².